The van der Waals surface area contributed by atoms with Gasteiger partial charge < -0.3 is 0 Å². The van der Waals surface area contributed by atoms with Crippen LogP contribution in [-0.4, -0.2) is 10.8 Å². The van der Waals surface area contributed by atoms with Crippen molar-refractivity contribution in [3.8, 4) is 11.3 Å². The summed E-state index contributed by atoms with van der Waals surface area (Å²) in [5.41, 5.74) is -0.0305. The van der Waals surface area contributed by atoms with Crippen molar-refractivity contribution in [2.45, 2.75) is 6.92 Å². The third kappa shape index (κ3) is 1.86. The van der Waals surface area contributed by atoms with Crippen LogP contribution >= 0.6 is 11.3 Å². The fourth-order valence-electron chi connectivity index (χ4n) is 1.29. The van der Waals surface area contributed by atoms with E-state index in [0.717, 1.165) is 23.5 Å². The molecule has 0 spiro atoms. The Morgan fingerprint density at radius 2 is 1.94 bits per heavy atom. The fraction of sp³-hybridized carbons (Fsp3) is 0.0909. The predicted molar refractivity (Wildman–Crippen MR) is 57.5 cm³/mol. The van der Waals surface area contributed by atoms with Gasteiger partial charge in [0.2, 0.25) is 0 Å². The average molecular weight is 239 g/mol. The molecule has 0 radical (unpaired) electrons. The maximum Gasteiger partial charge on any atom is 0.188 e. The molecule has 0 aliphatic carbocycles. The first-order chi connectivity index (χ1) is 7.59. The van der Waals surface area contributed by atoms with E-state index in [4.69, 9.17) is 0 Å². The first kappa shape index (κ1) is 10.9. The molecule has 5 heteroatoms. The first-order valence-electron chi connectivity index (χ1n) is 4.50. The summed E-state index contributed by atoms with van der Waals surface area (Å²) >= 11 is 1.08. The van der Waals surface area contributed by atoms with Gasteiger partial charge in [0.1, 0.15) is 11.6 Å². The van der Waals surface area contributed by atoms with Gasteiger partial charge >= 0.3 is 0 Å². The number of hydrogen-bond acceptors (Lipinski definition) is 3. The molecular weight excluding hydrogens is 232 g/mol. The number of aromatic nitrogens is 1. The Labute approximate surface area is 94.6 Å². The van der Waals surface area contributed by atoms with Crippen LogP contribution in [0.15, 0.2) is 23.6 Å². The summed E-state index contributed by atoms with van der Waals surface area (Å²) in [5.74, 6) is -1.58. The Bertz CT molecular complexity index is 530. The highest BCUT2D eigenvalue weighted by Gasteiger charge is 2.15. The third-order valence-electron chi connectivity index (χ3n) is 2.02. The Kier molecular flexibility index (Phi) is 2.78. The maximum absolute atomic E-state index is 13.4. The van der Waals surface area contributed by atoms with E-state index in [1.165, 1.54) is 18.4 Å². The molecule has 0 bridgehead atoms. The molecule has 1 aromatic heterocycles. The van der Waals surface area contributed by atoms with Gasteiger partial charge in [0.25, 0.3) is 0 Å². The highest BCUT2D eigenvalue weighted by Crippen LogP contribution is 2.27. The number of ketones is 1. The second-order valence-corrected chi connectivity index (χ2v) is 4.05. The van der Waals surface area contributed by atoms with E-state index in [9.17, 15) is 13.6 Å². The zero-order valence-electron chi connectivity index (χ0n) is 8.33. The van der Waals surface area contributed by atoms with Crippen LogP contribution in [0.2, 0.25) is 0 Å². The molecule has 0 fully saturated rings. The molecule has 16 heavy (non-hydrogen) atoms. The van der Waals surface area contributed by atoms with Crippen LogP contribution in [0.25, 0.3) is 11.3 Å². The number of Topliss-reactive ketones (excluding diaryl/α,β-unsaturated/α-hetero) is 1. The van der Waals surface area contributed by atoms with Gasteiger partial charge in [-0.05, 0) is 12.1 Å². The molecule has 0 N–H and O–H groups in total. The van der Waals surface area contributed by atoms with Crippen LogP contribution in [0.1, 0.15) is 16.7 Å². The molecule has 2 aromatic rings. The van der Waals surface area contributed by atoms with Crippen LogP contribution in [0.4, 0.5) is 8.78 Å². The molecule has 1 aromatic carbocycles. The van der Waals surface area contributed by atoms with E-state index in [0.29, 0.717) is 0 Å². The number of carbonyl (C=O) groups is 1. The minimum absolute atomic E-state index is 0.158. The normalized spacial score (nSPS) is 10.4. The maximum atomic E-state index is 13.4. The lowest BCUT2D eigenvalue weighted by Crippen LogP contribution is -1.93. The molecule has 2 nitrogen and oxygen atoms in total. The number of rotatable bonds is 2. The highest BCUT2D eigenvalue weighted by atomic mass is 32.1. The monoisotopic (exact) mass is 239 g/mol. The van der Waals surface area contributed by atoms with E-state index >= 15 is 0 Å². The van der Waals surface area contributed by atoms with Crippen molar-refractivity contribution in [3.63, 3.8) is 0 Å². The van der Waals surface area contributed by atoms with Crippen molar-refractivity contribution in [1.82, 2.24) is 4.98 Å². The first-order valence-corrected chi connectivity index (χ1v) is 5.38. The largest absolute Gasteiger partial charge is 0.292 e. The fourth-order valence-corrected chi connectivity index (χ4v) is 2.00. The lowest BCUT2D eigenvalue weighted by Gasteiger charge is -2.00. The van der Waals surface area contributed by atoms with Gasteiger partial charge in [0.05, 0.1) is 11.3 Å². The Morgan fingerprint density at radius 1 is 1.31 bits per heavy atom. The van der Waals surface area contributed by atoms with Crippen molar-refractivity contribution < 1.29 is 13.6 Å². The Hall–Kier alpha value is -1.62. The quantitative estimate of drug-likeness (QED) is 0.753. The zero-order chi connectivity index (χ0) is 11.7. The van der Waals surface area contributed by atoms with E-state index in [1.807, 2.05) is 0 Å². The molecule has 0 saturated heterocycles. The van der Waals surface area contributed by atoms with Crippen molar-refractivity contribution in [1.29, 1.82) is 0 Å². The van der Waals surface area contributed by atoms with Crippen LogP contribution in [0.3, 0.4) is 0 Å². The summed E-state index contributed by atoms with van der Waals surface area (Å²) in [6.45, 7) is 1.36. The summed E-state index contributed by atoms with van der Waals surface area (Å²) < 4.78 is 26.8. The number of nitrogens with zero attached hydrogens (tertiary/aromatic N) is 1. The lowest BCUT2D eigenvalue weighted by molar-refractivity contribution is 0.101. The van der Waals surface area contributed by atoms with Crippen LogP contribution in [-0.2, 0) is 0 Å². The van der Waals surface area contributed by atoms with Gasteiger partial charge in [-0.25, -0.2) is 13.8 Å². The third-order valence-corrected chi connectivity index (χ3v) is 2.97. The molecular formula is C11H7F2NOS. The molecule has 0 amide bonds. The summed E-state index contributed by atoms with van der Waals surface area (Å²) in [5, 5.41) is 1.72. The average Bonchev–Trinajstić information content (AvgIpc) is 2.66. The molecule has 0 atom stereocenters. The number of benzene rings is 1. The molecule has 0 unspecified atom stereocenters. The number of thiazole rings is 1. The minimum atomic E-state index is -0.680. The van der Waals surface area contributed by atoms with Crippen LogP contribution in [0.5, 0.6) is 0 Å². The van der Waals surface area contributed by atoms with Gasteiger partial charge in [-0.1, -0.05) is 6.07 Å². The molecule has 0 aliphatic heterocycles. The van der Waals surface area contributed by atoms with E-state index in [2.05, 4.69) is 4.98 Å². The SMILES string of the molecule is CC(=O)c1nc(-c2c(F)cccc2F)cs1. The minimum Gasteiger partial charge on any atom is -0.292 e. The topological polar surface area (TPSA) is 30.0 Å². The second kappa shape index (κ2) is 4.09. The van der Waals surface area contributed by atoms with Gasteiger partial charge in [-0.15, -0.1) is 11.3 Å². The summed E-state index contributed by atoms with van der Waals surface area (Å²) in [6.07, 6.45) is 0. The summed E-state index contributed by atoms with van der Waals surface area (Å²) in [7, 11) is 0. The van der Waals surface area contributed by atoms with Gasteiger partial charge in [0, 0.05) is 12.3 Å². The summed E-state index contributed by atoms with van der Waals surface area (Å²) in [4.78, 5) is 14.9. The second-order valence-electron chi connectivity index (χ2n) is 3.19. The lowest BCUT2D eigenvalue weighted by atomic mass is 10.1. The smallest absolute Gasteiger partial charge is 0.188 e. The van der Waals surface area contributed by atoms with E-state index in [1.54, 1.807) is 0 Å². The van der Waals surface area contributed by atoms with E-state index in [-0.39, 0.29) is 22.0 Å². The zero-order valence-corrected chi connectivity index (χ0v) is 9.15. The number of halogens is 2. The molecule has 2 rings (SSSR count). The van der Waals surface area contributed by atoms with Crippen molar-refractivity contribution in [3.05, 3.63) is 40.2 Å². The van der Waals surface area contributed by atoms with Gasteiger partial charge in [-0.3, -0.25) is 4.79 Å². The van der Waals surface area contributed by atoms with Gasteiger partial charge in [0.15, 0.2) is 10.8 Å². The molecule has 0 aliphatic rings. The standard InChI is InChI=1S/C11H7F2NOS/c1-6(15)11-14-9(5-16-11)10-7(12)3-2-4-8(10)13/h2-5H,1H3. The van der Waals surface area contributed by atoms with Crippen LogP contribution in [0, 0.1) is 11.6 Å². The molecule has 1 heterocycles. The molecule has 82 valence electrons. The Morgan fingerprint density at radius 3 is 2.44 bits per heavy atom. The highest BCUT2D eigenvalue weighted by molar-refractivity contribution is 7.12. The Balaban J connectivity index is 2.54. The number of hydrogen-bond donors (Lipinski definition) is 0. The van der Waals surface area contributed by atoms with Crippen molar-refractivity contribution in [2.24, 2.45) is 0 Å². The van der Waals surface area contributed by atoms with Gasteiger partial charge in [-0.2, -0.15) is 0 Å². The molecule has 0 saturated carbocycles. The number of carbonyl (C=O) groups excluding carboxylic acids is 1. The summed E-state index contributed by atoms with van der Waals surface area (Å²) in [6, 6.07) is 3.60. The van der Waals surface area contributed by atoms with E-state index < -0.39 is 11.6 Å². The van der Waals surface area contributed by atoms with Crippen molar-refractivity contribution in [2.75, 3.05) is 0 Å². The van der Waals surface area contributed by atoms with Crippen LogP contribution < -0.4 is 0 Å². The van der Waals surface area contributed by atoms with Crippen molar-refractivity contribution >= 4 is 17.1 Å². The predicted octanol–water partition coefficient (Wildman–Crippen LogP) is 3.29.